The quantitative estimate of drug-likeness (QED) is 0.901. The summed E-state index contributed by atoms with van der Waals surface area (Å²) in [6, 6.07) is 0.424. The van der Waals surface area contributed by atoms with Gasteiger partial charge in [0.05, 0.1) is 5.69 Å². The summed E-state index contributed by atoms with van der Waals surface area (Å²) in [4.78, 5) is 8.67. The van der Waals surface area contributed by atoms with Gasteiger partial charge in [0.15, 0.2) is 5.13 Å². The molecule has 0 bridgehead atoms. The van der Waals surface area contributed by atoms with Gasteiger partial charge in [-0.15, -0.1) is 11.3 Å². The van der Waals surface area contributed by atoms with Crippen LogP contribution in [0.2, 0.25) is 0 Å². The molecule has 0 aromatic carbocycles. The normalized spacial score (nSPS) is 18.4. The van der Waals surface area contributed by atoms with Gasteiger partial charge >= 0.3 is 0 Å². The molecule has 0 saturated carbocycles. The topological polar surface area (TPSA) is 28.2 Å². The number of hydrogen-bond donors (Lipinski definition) is 1. The third kappa shape index (κ3) is 4.10. The number of thiazole rings is 1. The maximum absolute atomic E-state index is 4.80. The number of aromatic nitrogens is 1. The maximum atomic E-state index is 4.80. The molecule has 5 heteroatoms. The smallest absolute Gasteiger partial charge is 0.185 e. The number of nitrogens with zero attached hydrogens (tertiary/aromatic N) is 2. The van der Waals surface area contributed by atoms with Crippen LogP contribution in [0.5, 0.6) is 0 Å². The first kappa shape index (κ1) is 15.1. The van der Waals surface area contributed by atoms with Gasteiger partial charge < -0.3 is 10.2 Å². The summed E-state index contributed by atoms with van der Waals surface area (Å²) < 4.78 is 0. The summed E-state index contributed by atoms with van der Waals surface area (Å²) in [6.45, 7) is 9.99. The second-order valence-electron chi connectivity index (χ2n) is 5.07. The van der Waals surface area contributed by atoms with Crippen molar-refractivity contribution < 1.29 is 0 Å². The van der Waals surface area contributed by atoms with Crippen LogP contribution in [-0.2, 0) is 0 Å². The van der Waals surface area contributed by atoms with Crippen molar-refractivity contribution in [1.29, 1.82) is 0 Å². The van der Waals surface area contributed by atoms with Crippen LogP contribution < -0.4 is 10.2 Å². The lowest BCUT2D eigenvalue weighted by Gasteiger charge is -2.18. The second kappa shape index (κ2) is 7.50. The molecule has 0 radical (unpaired) electrons. The van der Waals surface area contributed by atoms with E-state index in [1.807, 2.05) is 11.3 Å². The van der Waals surface area contributed by atoms with E-state index in [1.54, 1.807) is 0 Å². The molecule has 19 heavy (non-hydrogen) atoms. The highest BCUT2D eigenvalue weighted by atomic mass is 32.2. The van der Waals surface area contributed by atoms with Gasteiger partial charge in [-0.2, -0.15) is 11.8 Å². The van der Waals surface area contributed by atoms with Gasteiger partial charge in [0.1, 0.15) is 0 Å². The summed E-state index contributed by atoms with van der Waals surface area (Å²) in [7, 11) is 0. The molecule has 1 saturated heterocycles. The first-order valence-electron chi connectivity index (χ1n) is 7.25. The lowest BCUT2D eigenvalue weighted by molar-refractivity contribution is 0.575. The lowest BCUT2D eigenvalue weighted by atomic mass is 10.2. The van der Waals surface area contributed by atoms with Gasteiger partial charge in [0.2, 0.25) is 0 Å². The van der Waals surface area contributed by atoms with Crippen LogP contribution in [0.3, 0.4) is 0 Å². The Morgan fingerprint density at radius 1 is 1.37 bits per heavy atom. The number of aryl methyl sites for hydroxylation is 1. The van der Waals surface area contributed by atoms with Crippen molar-refractivity contribution in [3.05, 3.63) is 10.6 Å². The molecule has 0 aliphatic carbocycles. The molecule has 108 valence electrons. The molecule has 1 aliphatic heterocycles. The first-order valence-corrected chi connectivity index (χ1v) is 9.23. The molecule has 1 unspecified atom stereocenters. The van der Waals surface area contributed by atoms with Crippen molar-refractivity contribution in [1.82, 2.24) is 10.3 Å². The Balaban J connectivity index is 2.06. The van der Waals surface area contributed by atoms with Crippen molar-refractivity contribution in [2.24, 2.45) is 0 Å². The number of nitrogens with one attached hydrogen (secondary N) is 1. The molecular weight excluding hydrogens is 274 g/mol. The Morgan fingerprint density at radius 2 is 2.21 bits per heavy atom. The minimum atomic E-state index is 0.424. The molecular formula is C14H25N3S2. The van der Waals surface area contributed by atoms with Crippen molar-refractivity contribution in [2.75, 3.05) is 36.0 Å². The van der Waals surface area contributed by atoms with E-state index in [4.69, 9.17) is 4.98 Å². The molecule has 0 spiro atoms. The standard InChI is InChI=1S/C14H25N3S2/c1-4-6-15-11(2)13-12(3)16-14(19-13)17-7-5-9-18-10-8-17/h11,15H,4-10H2,1-3H3. The van der Waals surface area contributed by atoms with Crippen molar-refractivity contribution in [3.63, 3.8) is 0 Å². The Labute approximate surface area is 125 Å². The Bertz CT molecular complexity index is 384. The van der Waals surface area contributed by atoms with Crippen LogP contribution in [0.25, 0.3) is 0 Å². The van der Waals surface area contributed by atoms with Crippen LogP contribution in [0.1, 0.15) is 43.3 Å². The largest absolute Gasteiger partial charge is 0.347 e. The third-order valence-electron chi connectivity index (χ3n) is 3.41. The predicted molar refractivity (Wildman–Crippen MR) is 87.7 cm³/mol. The number of hydrogen-bond acceptors (Lipinski definition) is 5. The molecule has 1 aliphatic rings. The van der Waals surface area contributed by atoms with Gasteiger partial charge in [0.25, 0.3) is 0 Å². The zero-order valence-corrected chi connectivity index (χ0v) is 13.9. The number of rotatable bonds is 5. The van der Waals surface area contributed by atoms with E-state index in [-0.39, 0.29) is 0 Å². The van der Waals surface area contributed by atoms with E-state index in [0.717, 1.165) is 19.6 Å². The maximum Gasteiger partial charge on any atom is 0.185 e. The molecule has 1 N–H and O–H groups in total. The monoisotopic (exact) mass is 299 g/mol. The highest BCUT2D eigenvalue weighted by Gasteiger charge is 2.18. The summed E-state index contributed by atoms with van der Waals surface area (Å²) in [5, 5.41) is 4.79. The van der Waals surface area contributed by atoms with Gasteiger partial charge in [-0.3, -0.25) is 0 Å². The van der Waals surface area contributed by atoms with Crippen molar-refractivity contribution in [2.45, 2.75) is 39.7 Å². The van der Waals surface area contributed by atoms with Crippen LogP contribution in [0.4, 0.5) is 5.13 Å². The SMILES string of the molecule is CCCNC(C)c1sc(N2CCCSCC2)nc1C. The van der Waals surface area contributed by atoms with E-state index >= 15 is 0 Å². The third-order valence-corrected chi connectivity index (χ3v) is 5.86. The first-order chi connectivity index (χ1) is 9.22. The van der Waals surface area contributed by atoms with E-state index < -0.39 is 0 Å². The Kier molecular flexibility index (Phi) is 5.98. The second-order valence-corrected chi connectivity index (χ2v) is 7.31. The molecule has 1 aromatic heterocycles. The molecule has 2 rings (SSSR count). The van der Waals surface area contributed by atoms with Crippen molar-refractivity contribution in [3.8, 4) is 0 Å². The number of anilines is 1. The fourth-order valence-electron chi connectivity index (χ4n) is 2.32. The van der Waals surface area contributed by atoms with Crippen LogP contribution in [0.15, 0.2) is 0 Å². The molecule has 3 nitrogen and oxygen atoms in total. The van der Waals surface area contributed by atoms with Gasteiger partial charge in [0, 0.05) is 29.8 Å². The summed E-state index contributed by atoms with van der Waals surface area (Å²) in [5.41, 5.74) is 1.20. The fourth-order valence-corrected chi connectivity index (χ4v) is 4.35. The lowest BCUT2D eigenvalue weighted by Crippen LogP contribution is -2.25. The van der Waals surface area contributed by atoms with Crippen LogP contribution in [-0.4, -0.2) is 36.1 Å². The van der Waals surface area contributed by atoms with Gasteiger partial charge in [-0.1, -0.05) is 6.92 Å². The zero-order valence-electron chi connectivity index (χ0n) is 12.2. The molecule has 1 fully saturated rings. The van der Waals surface area contributed by atoms with E-state index in [2.05, 4.69) is 42.7 Å². The van der Waals surface area contributed by atoms with Crippen LogP contribution >= 0.6 is 23.1 Å². The van der Waals surface area contributed by atoms with E-state index in [1.165, 1.54) is 40.0 Å². The van der Waals surface area contributed by atoms with Gasteiger partial charge in [-0.05, 0) is 39.0 Å². The molecule has 1 aromatic rings. The molecule has 0 amide bonds. The summed E-state index contributed by atoms with van der Waals surface area (Å²) in [6.07, 6.45) is 2.46. The fraction of sp³-hybridized carbons (Fsp3) is 0.786. The minimum absolute atomic E-state index is 0.424. The predicted octanol–water partition coefficient (Wildman–Crippen LogP) is 3.46. The average Bonchev–Trinajstić information content (AvgIpc) is 2.65. The van der Waals surface area contributed by atoms with E-state index in [9.17, 15) is 0 Å². The van der Waals surface area contributed by atoms with Gasteiger partial charge in [-0.25, -0.2) is 4.98 Å². The summed E-state index contributed by atoms with van der Waals surface area (Å²) in [5.74, 6) is 2.53. The highest BCUT2D eigenvalue weighted by Crippen LogP contribution is 2.31. The Morgan fingerprint density at radius 3 is 3.00 bits per heavy atom. The number of thioether (sulfide) groups is 1. The molecule has 1 atom stereocenters. The Hall–Kier alpha value is -0.260. The average molecular weight is 300 g/mol. The van der Waals surface area contributed by atoms with Crippen molar-refractivity contribution >= 4 is 28.2 Å². The van der Waals surface area contributed by atoms with Crippen LogP contribution in [0, 0.1) is 6.92 Å². The molecule has 2 heterocycles. The summed E-state index contributed by atoms with van der Waals surface area (Å²) >= 11 is 3.94. The highest BCUT2D eigenvalue weighted by molar-refractivity contribution is 7.99. The zero-order chi connectivity index (χ0) is 13.7. The minimum Gasteiger partial charge on any atom is -0.347 e. The van der Waals surface area contributed by atoms with E-state index in [0.29, 0.717) is 6.04 Å².